The van der Waals surface area contributed by atoms with E-state index in [0.29, 0.717) is 50.5 Å². The molecule has 6 heterocycles. The van der Waals surface area contributed by atoms with Crippen LogP contribution in [0, 0.1) is 11.8 Å². The smallest absolute Gasteiger partial charge is 0.252 e. The molecule has 0 spiro atoms. The van der Waals surface area contributed by atoms with Gasteiger partial charge in [0.05, 0.1) is 46.4 Å². The number of benzene rings is 2. The predicted molar refractivity (Wildman–Crippen MR) is 166 cm³/mol. The summed E-state index contributed by atoms with van der Waals surface area (Å²) >= 11 is 0. The van der Waals surface area contributed by atoms with E-state index in [-0.39, 0.29) is 37.0 Å². The Balaban J connectivity index is 1.00. The van der Waals surface area contributed by atoms with Gasteiger partial charge in [0.2, 0.25) is 0 Å². The first kappa shape index (κ1) is 29.1. The van der Waals surface area contributed by atoms with Gasteiger partial charge in [-0.05, 0) is 62.1 Å². The largest absolute Gasteiger partial charge is 0.391 e. The first-order valence-corrected chi connectivity index (χ1v) is 16.1. The maximum Gasteiger partial charge on any atom is 0.252 e. The van der Waals surface area contributed by atoms with E-state index in [0.717, 1.165) is 46.0 Å². The summed E-state index contributed by atoms with van der Waals surface area (Å²) in [6, 6.07) is 10.8. The molecule has 2 amide bonds. The summed E-state index contributed by atoms with van der Waals surface area (Å²) in [4.78, 5) is 45.9. The molecule has 0 saturated carbocycles. The highest BCUT2D eigenvalue weighted by molar-refractivity contribution is 5.83. The molecule has 0 unspecified atom stereocenters. The van der Waals surface area contributed by atoms with Crippen molar-refractivity contribution in [1.82, 2.24) is 29.7 Å². The molecule has 12 nitrogen and oxygen atoms in total. The molecule has 2 aromatic heterocycles. The lowest BCUT2D eigenvalue weighted by molar-refractivity contribution is -0.143. The highest BCUT2D eigenvalue weighted by Crippen LogP contribution is 2.35. The van der Waals surface area contributed by atoms with Crippen LogP contribution in [0.5, 0.6) is 0 Å². The molecule has 6 atom stereocenters. The van der Waals surface area contributed by atoms with Crippen LogP contribution in [0.4, 0.5) is 0 Å². The SMILES string of the molecule is O=C([C@H]1CCCO1)N1C[C@H](O)C[C@H]1c1nc2cc(C#Cc3ccc4[nH]c([C@@H]5C[C@@H](O)CN5C(=O)[C@H]5CCCO5)nc4c3)ccc2[nH]1. The summed E-state index contributed by atoms with van der Waals surface area (Å²) in [7, 11) is 0. The van der Waals surface area contributed by atoms with Gasteiger partial charge in [0.15, 0.2) is 0 Å². The quantitative estimate of drug-likeness (QED) is 0.252. The molecule has 0 bridgehead atoms. The van der Waals surface area contributed by atoms with Gasteiger partial charge in [-0.2, -0.15) is 0 Å². The van der Waals surface area contributed by atoms with Crippen LogP contribution in [0.3, 0.4) is 0 Å². The van der Waals surface area contributed by atoms with Gasteiger partial charge in [-0.25, -0.2) is 9.97 Å². The number of nitrogens with one attached hydrogen (secondary N) is 2. The van der Waals surface area contributed by atoms with Gasteiger partial charge in [0, 0.05) is 50.3 Å². The lowest BCUT2D eigenvalue weighted by Crippen LogP contribution is -2.39. The molecule has 12 heteroatoms. The topological polar surface area (TPSA) is 157 Å². The van der Waals surface area contributed by atoms with Gasteiger partial charge < -0.3 is 39.5 Å². The van der Waals surface area contributed by atoms with E-state index in [2.05, 4.69) is 21.8 Å². The zero-order valence-corrected chi connectivity index (χ0v) is 25.3. The molecule has 2 aromatic carbocycles. The van der Waals surface area contributed by atoms with Crippen LogP contribution < -0.4 is 0 Å². The molecule has 4 aliphatic heterocycles. The Kier molecular flexibility index (Phi) is 7.49. The monoisotopic (exact) mass is 624 g/mol. The van der Waals surface area contributed by atoms with Crippen LogP contribution in [0.15, 0.2) is 36.4 Å². The number of H-pyrrole nitrogens is 2. The van der Waals surface area contributed by atoms with Gasteiger partial charge in [0.25, 0.3) is 11.8 Å². The average Bonchev–Trinajstić information content (AvgIpc) is 3.90. The Morgan fingerprint density at radius 3 is 1.61 bits per heavy atom. The number of ether oxygens (including phenoxy) is 2. The molecule has 4 saturated heterocycles. The average molecular weight is 625 g/mol. The second-order valence-corrected chi connectivity index (χ2v) is 12.8. The molecule has 4 N–H and O–H groups in total. The van der Waals surface area contributed by atoms with Crippen molar-refractivity contribution in [3.63, 3.8) is 0 Å². The normalized spacial score (nSPS) is 28.0. The van der Waals surface area contributed by atoms with Crippen molar-refractivity contribution in [3.8, 4) is 11.8 Å². The number of β-amino-alcohol motifs (C(OH)–C–C–N with tert-alkyl or cyclic N) is 2. The number of aromatic amines is 2. The summed E-state index contributed by atoms with van der Waals surface area (Å²) in [6.45, 7) is 1.72. The van der Waals surface area contributed by atoms with Crippen LogP contribution in [0.25, 0.3) is 22.1 Å². The second-order valence-electron chi connectivity index (χ2n) is 12.8. The second kappa shape index (κ2) is 11.8. The molecular weight excluding hydrogens is 588 g/mol. The van der Waals surface area contributed by atoms with Gasteiger partial charge in [-0.1, -0.05) is 11.8 Å². The number of imidazole rings is 2. The van der Waals surface area contributed by atoms with Crippen molar-refractivity contribution in [2.45, 2.75) is 75.0 Å². The molecule has 46 heavy (non-hydrogen) atoms. The molecule has 0 aliphatic carbocycles. The van der Waals surface area contributed by atoms with E-state index in [4.69, 9.17) is 19.4 Å². The van der Waals surface area contributed by atoms with Crippen molar-refractivity contribution < 1.29 is 29.3 Å². The third-order valence-electron chi connectivity index (χ3n) is 9.52. The number of carbonyl (C=O) groups is 2. The Morgan fingerprint density at radius 1 is 0.739 bits per heavy atom. The van der Waals surface area contributed by atoms with Crippen LogP contribution in [0.1, 0.15) is 73.4 Å². The zero-order valence-electron chi connectivity index (χ0n) is 25.3. The van der Waals surface area contributed by atoms with Gasteiger partial charge in [-0.15, -0.1) is 0 Å². The first-order chi connectivity index (χ1) is 22.4. The van der Waals surface area contributed by atoms with Crippen molar-refractivity contribution in [1.29, 1.82) is 0 Å². The fraction of sp³-hybridized carbons (Fsp3) is 0.471. The molecular formula is C34H36N6O6. The molecule has 0 radical (unpaired) electrons. The summed E-state index contributed by atoms with van der Waals surface area (Å²) < 4.78 is 11.2. The Labute approximate surface area is 265 Å². The predicted octanol–water partition coefficient (Wildman–Crippen LogP) is 2.47. The number of fused-ring (bicyclic) bond motifs is 2. The number of rotatable bonds is 4. The number of aromatic nitrogens is 4. The molecule has 4 aromatic rings. The minimum absolute atomic E-state index is 0.0858. The summed E-state index contributed by atoms with van der Waals surface area (Å²) in [5.41, 5.74) is 4.72. The number of aliphatic hydroxyl groups is 2. The van der Waals surface area contributed by atoms with Crippen molar-refractivity contribution >= 4 is 33.9 Å². The molecule has 238 valence electrons. The highest BCUT2D eigenvalue weighted by atomic mass is 16.5. The van der Waals surface area contributed by atoms with E-state index in [1.807, 2.05) is 36.4 Å². The molecule has 4 aliphatic rings. The number of hydrogen-bond acceptors (Lipinski definition) is 8. The van der Waals surface area contributed by atoms with E-state index in [1.165, 1.54) is 0 Å². The van der Waals surface area contributed by atoms with E-state index in [1.54, 1.807) is 9.80 Å². The number of carbonyl (C=O) groups excluding carboxylic acids is 2. The van der Waals surface area contributed by atoms with Crippen LogP contribution in [-0.4, -0.2) is 102 Å². The fourth-order valence-corrected chi connectivity index (χ4v) is 7.21. The lowest BCUT2D eigenvalue weighted by atomic mass is 10.1. The van der Waals surface area contributed by atoms with Gasteiger partial charge in [-0.3, -0.25) is 9.59 Å². The lowest BCUT2D eigenvalue weighted by Gasteiger charge is -2.25. The molecule has 4 fully saturated rings. The number of hydrogen-bond donors (Lipinski definition) is 4. The number of aliphatic hydroxyl groups excluding tert-OH is 2. The Hall–Kier alpha value is -4.28. The Morgan fingerprint density at radius 2 is 1.20 bits per heavy atom. The van der Waals surface area contributed by atoms with Gasteiger partial charge in [0.1, 0.15) is 23.9 Å². The van der Waals surface area contributed by atoms with Crippen LogP contribution >= 0.6 is 0 Å². The zero-order chi connectivity index (χ0) is 31.4. The third-order valence-corrected chi connectivity index (χ3v) is 9.52. The highest BCUT2D eigenvalue weighted by Gasteiger charge is 2.42. The number of amides is 2. The summed E-state index contributed by atoms with van der Waals surface area (Å²) in [5.74, 6) is 7.57. The van der Waals surface area contributed by atoms with Crippen molar-refractivity contribution in [2.24, 2.45) is 0 Å². The first-order valence-electron chi connectivity index (χ1n) is 16.1. The maximum atomic E-state index is 13.1. The van der Waals surface area contributed by atoms with E-state index >= 15 is 0 Å². The van der Waals surface area contributed by atoms with E-state index in [9.17, 15) is 19.8 Å². The Bertz CT molecular complexity index is 1730. The molecule has 8 rings (SSSR count). The van der Waals surface area contributed by atoms with Gasteiger partial charge >= 0.3 is 0 Å². The van der Waals surface area contributed by atoms with Crippen molar-refractivity contribution in [3.05, 3.63) is 59.2 Å². The van der Waals surface area contributed by atoms with Crippen LogP contribution in [0.2, 0.25) is 0 Å². The van der Waals surface area contributed by atoms with Crippen LogP contribution in [-0.2, 0) is 19.1 Å². The third kappa shape index (κ3) is 5.43. The minimum atomic E-state index is -0.606. The maximum absolute atomic E-state index is 13.1. The van der Waals surface area contributed by atoms with E-state index < -0.39 is 24.4 Å². The standard InChI is InChI=1S/C34H36N6O6/c41-21-15-27(39(17-21)33(43)29-3-1-11-45-29)31-35-23-9-7-19(13-25(23)37-31)5-6-20-8-10-24-26(14-20)38-32(36-24)28-16-22(42)18-40(28)34(44)30-4-2-12-46-30/h7-10,13-14,21-22,27-30,41-42H,1-4,11-12,15-18H2,(H,35,37)(H,36,38)/t21-,22-,27+,28+,29-,30-/m1/s1. The fourth-order valence-electron chi connectivity index (χ4n) is 7.21. The minimum Gasteiger partial charge on any atom is -0.391 e. The summed E-state index contributed by atoms with van der Waals surface area (Å²) in [5, 5.41) is 20.8. The number of likely N-dealkylation sites (tertiary alicyclic amines) is 2. The number of nitrogens with zero attached hydrogens (tertiary/aromatic N) is 4. The summed E-state index contributed by atoms with van der Waals surface area (Å²) in [6.07, 6.45) is 1.88. The van der Waals surface area contributed by atoms with Crippen molar-refractivity contribution in [2.75, 3.05) is 26.3 Å².